The van der Waals surface area contributed by atoms with E-state index in [2.05, 4.69) is 0 Å². The van der Waals surface area contributed by atoms with Gasteiger partial charge in [0.2, 0.25) is 10.0 Å². The van der Waals surface area contributed by atoms with Crippen LogP contribution in [0.3, 0.4) is 0 Å². The minimum absolute atomic E-state index is 0.0614. The molecule has 0 fully saturated rings. The summed E-state index contributed by atoms with van der Waals surface area (Å²) in [4.78, 5) is -0.0614. The molecule has 0 heterocycles. The summed E-state index contributed by atoms with van der Waals surface area (Å²) in [5.41, 5.74) is 5.30. The summed E-state index contributed by atoms with van der Waals surface area (Å²) in [5, 5.41) is 0.231. The third-order valence-electron chi connectivity index (χ3n) is 2.79. The van der Waals surface area contributed by atoms with E-state index in [1.807, 2.05) is 13.8 Å². The highest BCUT2D eigenvalue weighted by atomic mass is 35.5. The van der Waals surface area contributed by atoms with E-state index in [1.165, 1.54) is 23.5 Å². The van der Waals surface area contributed by atoms with Crippen LogP contribution in [0.4, 0.5) is 0 Å². The molecule has 0 aliphatic heterocycles. The van der Waals surface area contributed by atoms with Gasteiger partial charge in [-0.15, -0.1) is 0 Å². The Morgan fingerprint density at radius 3 is 2.16 bits per heavy atom. The van der Waals surface area contributed by atoms with Crippen molar-refractivity contribution < 1.29 is 8.42 Å². The standard InChI is InChI=1S/C12H18Cl2N2O2S/c1-12(2,7-15)8-16(3)19(17,18)11-9(13)5-4-6-10(11)14/h4-6H,7-8,15H2,1-3H3. The molecule has 1 aromatic carbocycles. The van der Waals surface area contributed by atoms with Crippen LogP contribution in [0, 0.1) is 5.41 Å². The van der Waals surface area contributed by atoms with Crippen LogP contribution < -0.4 is 5.73 Å². The van der Waals surface area contributed by atoms with Crippen molar-refractivity contribution in [2.45, 2.75) is 18.7 Å². The highest BCUT2D eigenvalue weighted by Gasteiger charge is 2.30. The molecule has 4 nitrogen and oxygen atoms in total. The van der Waals surface area contributed by atoms with Gasteiger partial charge in [-0.05, 0) is 24.1 Å². The van der Waals surface area contributed by atoms with Crippen LogP contribution in [-0.4, -0.2) is 32.9 Å². The minimum atomic E-state index is -3.73. The van der Waals surface area contributed by atoms with E-state index in [4.69, 9.17) is 28.9 Å². The van der Waals surface area contributed by atoms with E-state index >= 15 is 0 Å². The van der Waals surface area contributed by atoms with Gasteiger partial charge in [0.1, 0.15) is 4.90 Å². The van der Waals surface area contributed by atoms with Crippen molar-refractivity contribution in [3.8, 4) is 0 Å². The Hall–Kier alpha value is -0.330. The normalized spacial score (nSPS) is 13.0. The van der Waals surface area contributed by atoms with Crippen LogP contribution >= 0.6 is 23.2 Å². The summed E-state index contributed by atoms with van der Waals surface area (Å²) in [7, 11) is -2.24. The number of hydrogen-bond donors (Lipinski definition) is 1. The number of rotatable bonds is 5. The van der Waals surface area contributed by atoms with Crippen molar-refractivity contribution in [1.29, 1.82) is 0 Å². The molecule has 0 aliphatic rings. The van der Waals surface area contributed by atoms with Crippen LogP contribution in [0.25, 0.3) is 0 Å². The fraction of sp³-hybridized carbons (Fsp3) is 0.500. The number of hydrogen-bond acceptors (Lipinski definition) is 3. The van der Waals surface area contributed by atoms with Crippen LogP contribution in [0.5, 0.6) is 0 Å². The van der Waals surface area contributed by atoms with Crippen molar-refractivity contribution in [2.24, 2.45) is 11.1 Å². The number of sulfonamides is 1. The lowest BCUT2D eigenvalue weighted by molar-refractivity contribution is 0.292. The summed E-state index contributed by atoms with van der Waals surface area (Å²) >= 11 is 11.9. The van der Waals surface area contributed by atoms with Crippen LogP contribution in [-0.2, 0) is 10.0 Å². The smallest absolute Gasteiger partial charge is 0.245 e. The molecule has 0 saturated heterocycles. The molecule has 0 amide bonds. The van der Waals surface area contributed by atoms with Crippen LogP contribution in [0.1, 0.15) is 13.8 Å². The number of benzene rings is 1. The van der Waals surface area contributed by atoms with Gasteiger partial charge in [0.25, 0.3) is 0 Å². The van der Waals surface area contributed by atoms with E-state index < -0.39 is 10.0 Å². The van der Waals surface area contributed by atoms with Gasteiger partial charge < -0.3 is 5.73 Å². The Kier molecular flexibility index (Phi) is 5.26. The first-order valence-electron chi connectivity index (χ1n) is 5.72. The Morgan fingerprint density at radius 1 is 1.26 bits per heavy atom. The Morgan fingerprint density at radius 2 is 1.74 bits per heavy atom. The van der Waals surface area contributed by atoms with Crippen molar-refractivity contribution in [3.63, 3.8) is 0 Å². The average Bonchev–Trinajstić information content (AvgIpc) is 2.27. The van der Waals surface area contributed by atoms with E-state index in [0.717, 1.165) is 0 Å². The summed E-state index contributed by atoms with van der Waals surface area (Å²) in [5.74, 6) is 0. The Balaban J connectivity index is 3.18. The van der Waals surface area contributed by atoms with Gasteiger partial charge in [-0.3, -0.25) is 0 Å². The van der Waals surface area contributed by atoms with Crippen molar-refractivity contribution in [3.05, 3.63) is 28.2 Å². The van der Waals surface area contributed by atoms with E-state index in [1.54, 1.807) is 6.07 Å². The fourth-order valence-electron chi connectivity index (χ4n) is 1.64. The van der Waals surface area contributed by atoms with Crippen LogP contribution in [0.2, 0.25) is 10.0 Å². The molecule has 0 unspecified atom stereocenters. The lowest BCUT2D eigenvalue weighted by Gasteiger charge is -2.28. The van der Waals surface area contributed by atoms with Crippen molar-refractivity contribution >= 4 is 33.2 Å². The molecule has 1 rings (SSSR count). The minimum Gasteiger partial charge on any atom is -0.330 e. The lowest BCUT2D eigenvalue weighted by Crippen LogP contribution is -2.39. The second kappa shape index (κ2) is 5.97. The SMILES string of the molecule is CN(CC(C)(C)CN)S(=O)(=O)c1c(Cl)cccc1Cl. The summed E-state index contributed by atoms with van der Waals surface area (Å²) in [6.45, 7) is 4.46. The quantitative estimate of drug-likeness (QED) is 0.905. The van der Waals surface area contributed by atoms with E-state index in [0.29, 0.717) is 6.54 Å². The Bertz CT molecular complexity index is 539. The molecule has 0 saturated carbocycles. The molecule has 0 aliphatic carbocycles. The third kappa shape index (κ3) is 3.83. The number of nitrogens with two attached hydrogens (primary N) is 1. The van der Waals surface area contributed by atoms with Crippen molar-refractivity contribution in [2.75, 3.05) is 20.1 Å². The molecule has 7 heteroatoms. The molecule has 108 valence electrons. The lowest BCUT2D eigenvalue weighted by atomic mass is 9.94. The molecule has 19 heavy (non-hydrogen) atoms. The second-order valence-corrected chi connectivity index (χ2v) is 7.98. The van der Waals surface area contributed by atoms with Gasteiger partial charge in [0.05, 0.1) is 10.0 Å². The zero-order valence-corrected chi connectivity index (χ0v) is 13.5. The largest absolute Gasteiger partial charge is 0.330 e. The highest BCUT2D eigenvalue weighted by Crippen LogP contribution is 2.32. The van der Waals surface area contributed by atoms with Crippen molar-refractivity contribution in [1.82, 2.24) is 4.31 Å². The molecule has 0 radical (unpaired) electrons. The van der Waals surface area contributed by atoms with Gasteiger partial charge >= 0.3 is 0 Å². The van der Waals surface area contributed by atoms with Gasteiger partial charge in [0, 0.05) is 13.6 Å². The zero-order chi connectivity index (χ0) is 14.8. The van der Waals surface area contributed by atoms with E-state index in [9.17, 15) is 8.42 Å². The zero-order valence-electron chi connectivity index (χ0n) is 11.2. The molecular formula is C12H18Cl2N2O2S. The monoisotopic (exact) mass is 324 g/mol. The first-order valence-corrected chi connectivity index (χ1v) is 7.92. The molecule has 0 spiro atoms. The number of halogens is 2. The van der Waals surface area contributed by atoms with Crippen LogP contribution in [0.15, 0.2) is 23.1 Å². The molecular weight excluding hydrogens is 307 g/mol. The van der Waals surface area contributed by atoms with Gasteiger partial charge in [-0.25, -0.2) is 12.7 Å². The molecule has 2 N–H and O–H groups in total. The average molecular weight is 325 g/mol. The molecule has 0 bridgehead atoms. The highest BCUT2D eigenvalue weighted by molar-refractivity contribution is 7.89. The predicted octanol–water partition coefficient (Wildman–Crippen LogP) is 2.60. The first kappa shape index (κ1) is 16.7. The predicted molar refractivity (Wildman–Crippen MR) is 79.1 cm³/mol. The fourth-order valence-corrected chi connectivity index (χ4v) is 4.08. The maximum Gasteiger partial charge on any atom is 0.245 e. The topological polar surface area (TPSA) is 63.4 Å². The van der Waals surface area contributed by atoms with Gasteiger partial charge in [-0.1, -0.05) is 43.1 Å². The summed E-state index contributed by atoms with van der Waals surface area (Å²) < 4.78 is 26.2. The molecule has 1 aromatic rings. The first-order chi connectivity index (χ1) is 8.62. The second-order valence-electron chi connectivity index (χ2n) is 5.18. The third-order valence-corrected chi connectivity index (χ3v) is 5.55. The van der Waals surface area contributed by atoms with Gasteiger partial charge in [0.15, 0.2) is 0 Å². The van der Waals surface area contributed by atoms with Gasteiger partial charge in [-0.2, -0.15) is 0 Å². The Labute approximate surface area is 124 Å². The number of nitrogens with zero attached hydrogens (tertiary/aromatic N) is 1. The van der Waals surface area contributed by atoms with E-state index in [-0.39, 0.29) is 26.9 Å². The maximum atomic E-state index is 12.5. The summed E-state index contributed by atoms with van der Waals surface area (Å²) in [6.07, 6.45) is 0. The molecule has 0 atom stereocenters. The molecule has 0 aromatic heterocycles. The summed E-state index contributed by atoms with van der Waals surface area (Å²) in [6, 6.07) is 4.61. The maximum absolute atomic E-state index is 12.5.